The van der Waals surface area contributed by atoms with E-state index in [0.29, 0.717) is 12.1 Å². The molecule has 0 bridgehead atoms. The van der Waals surface area contributed by atoms with Gasteiger partial charge in [-0.15, -0.1) is 11.3 Å². The largest absolute Gasteiger partial charge is 0.308 e. The van der Waals surface area contributed by atoms with Crippen LogP contribution in [-0.2, 0) is 0 Å². The van der Waals surface area contributed by atoms with Gasteiger partial charge in [0.1, 0.15) is 0 Å². The summed E-state index contributed by atoms with van der Waals surface area (Å²) < 4.78 is 2.16. The van der Waals surface area contributed by atoms with Crippen LogP contribution >= 0.6 is 22.7 Å². The van der Waals surface area contributed by atoms with E-state index in [9.17, 15) is 4.79 Å². The number of hydrogen-bond donors (Lipinski definition) is 0. The molecule has 0 aliphatic carbocycles. The first-order valence-corrected chi connectivity index (χ1v) is 10.8. The lowest BCUT2D eigenvalue weighted by atomic mass is 10.1. The molecule has 2 heterocycles. The molecule has 4 rings (SSSR count). The fraction of sp³-hybridized carbons (Fsp3) is 0.286. The average Bonchev–Trinajstić information content (AvgIpc) is 3.27. The zero-order valence-electron chi connectivity index (χ0n) is 16.4. The number of carbonyl (C=O) groups excluding carboxylic acids is 1. The molecule has 0 spiro atoms. The third kappa shape index (κ3) is 3.65. The van der Waals surface area contributed by atoms with Gasteiger partial charge in [0.05, 0.1) is 25.9 Å². The summed E-state index contributed by atoms with van der Waals surface area (Å²) in [6.07, 6.45) is 0. The third-order valence-electron chi connectivity index (χ3n) is 4.63. The highest BCUT2D eigenvalue weighted by Crippen LogP contribution is 2.33. The lowest BCUT2D eigenvalue weighted by Crippen LogP contribution is -2.36. The second-order valence-corrected chi connectivity index (χ2v) is 9.09. The summed E-state index contributed by atoms with van der Waals surface area (Å²) in [5.74, 6) is -0.0226. The van der Waals surface area contributed by atoms with Gasteiger partial charge in [-0.2, -0.15) is 0 Å². The van der Waals surface area contributed by atoms with Gasteiger partial charge in [0, 0.05) is 18.7 Å². The van der Waals surface area contributed by atoms with Gasteiger partial charge in [-0.1, -0.05) is 17.4 Å². The van der Waals surface area contributed by atoms with Crippen LogP contribution in [0.3, 0.4) is 0 Å². The molecule has 0 N–H and O–H groups in total. The van der Waals surface area contributed by atoms with Crippen molar-refractivity contribution < 1.29 is 4.79 Å². The minimum atomic E-state index is -0.0226. The molecule has 0 aliphatic heterocycles. The number of benzene rings is 2. The molecule has 0 radical (unpaired) electrons. The second kappa shape index (κ2) is 7.58. The van der Waals surface area contributed by atoms with E-state index in [0.717, 1.165) is 32.1 Å². The van der Waals surface area contributed by atoms with E-state index in [1.54, 1.807) is 28.2 Å². The summed E-state index contributed by atoms with van der Waals surface area (Å²) in [6.45, 7) is 5.53. The van der Waals surface area contributed by atoms with Crippen LogP contribution in [0.5, 0.6) is 0 Å². The first-order chi connectivity index (χ1) is 13.4. The van der Waals surface area contributed by atoms with Crippen molar-refractivity contribution >= 4 is 54.1 Å². The highest BCUT2D eigenvalue weighted by Gasteiger charge is 2.22. The molecule has 1 amide bonds. The number of aryl methyl sites for hydroxylation is 2. The van der Waals surface area contributed by atoms with E-state index in [1.165, 1.54) is 11.1 Å². The Morgan fingerprint density at radius 3 is 2.68 bits per heavy atom. The number of hydrogen-bond acceptors (Lipinski definition) is 6. The quantitative estimate of drug-likeness (QED) is 0.477. The Morgan fingerprint density at radius 1 is 1.07 bits per heavy atom. The monoisotopic (exact) mass is 410 g/mol. The molecule has 144 valence electrons. The smallest absolute Gasteiger partial charge is 0.260 e. The summed E-state index contributed by atoms with van der Waals surface area (Å²) in [7, 11) is 4.02. The Labute approximate surface area is 172 Å². The number of anilines is 1. The molecule has 0 aliphatic rings. The molecule has 28 heavy (non-hydrogen) atoms. The van der Waals surface area contributed by atoms with Crippen LogP contribution in [-0.4, -0.2) is 48.0 Å². The molecule has 0 saturated heterocycles. The number of fused-ring (bicyclic) bond motifs is 2. The molecule has 5 nitrogen and oxygen atoms in total. The number of amides is 1. The fourth-order valence-electron chi connectivity index (χ4n) is 3.21. The van der Waals surface area contributed by atoms with Gasteiger partial charge in [0.25, 0.3) is 5.91 Å². The van der Waals surface area contributed by atoms with Gasteiger partial charge >= 0.3 is 0 Å². The summed E-state index contributed by atoms with van der Waals surface area (Å²) in [5.41, 5.74) is 6.74. The van der Waals surface area contributed by atoms with Crippen LogP contribution in [0, 0.1) is 13.8 Å². The fourth-order valence-corrected chi connectivity index (χ4v) is 4.96. The first kappa shape index (κ1) is 19.0. The average molecular weight is 411 g/mol. The highest BCUT2D eigenvalue weighted by atomic mass is 32.1. The lowest BCUT2D eigenvalue weighted by Gasteiger charge is -2.22. The molecule has 7 heteroatoms. The number of carbonyl (C=O) groups is 1. The van der Waals surface area contributed by atoms with Crippen LogP contribution < -0.4 is 4.90 Å². The molecule has 0 fully saturated rings. The van der Waals surface area contributed by atoms with E-state index in [-0.39, 0.29) is 5.91 Å². The van der Waals surface area contributed by atoms with Gasteiger partial charge in [-0.25, -0.2) is 9.97 Å². The van der Waals surface area contributed by atoms with E-state index in [2.05, 4.69) is 35.9 Å². The van der Waals surface area contributed by atoms with Crippen molar-refractivity contribution in [3.63, 3.8) is 0 Å². The third-order valence-corrected chi connectivity index (χ3v) is 6.66. The Morgan fingerprint density at radius 2 is 1.89 bits per heavy atom. The molecule has 0 unspecified atom stereocenters. The van der Waals surface area contributed by atoms with Crippen LogP contribution in [0.25, 0.3) is 20.4 Å². The molecule has 0 saturated carbocycles. The summed E-state index contributed by atoms with van der Waals surface area (Å²) in [4.78, 5) is 26.4. The van der Waals surface area contributed by atoms with Crippen molar-refractivity contribution in [2.24, 2.45) is 0 Å². The number of rotatable bonds is 5. The summed E-state index contributed by atoms with van der Waals surface area (Å²) in [5, 5.41) is 0.750. The van der Waals surface area contributed by atoms with Crippen molar-refractivity contribution in [2.45, 2.75) is 13.8 Å². The number of thiazole rings is 2. The van der Waals surface area contributed by atoms with Crippen LogP contribution in [0.4, 0.5) is 5.13 Å². The SMILES string of the molecule is Cc1cc(C)c2sc(N(CCN(C)C)C(=O)c3ccc4ncsc4c3)nc2c1. The van der Waals surface area contributed by atoms with E-state index >= 15 is 0 Å². The number of likely N-dealkylation sites (N-methyl/N-ethyl adjacent to an activating group) is 1. The number of aromatic nitrogens is 2. The molecule has 2 aromatic heterocycles. The van der Waals surface area contributed by atoms with E-state index in [1.807, 2.05) is 37.2 Å². The second-order valence-electron chi connectivity index (χ2n) is 7.22. The van der Waals surface area contributed by atoms with Crippen molar-refractivity contribution in [1.29, 1.82) is 0 Å². The maximum Gasteiger partial charge on any atom is 0.260 e. The maximum absolute atomic E-state index is 13.4. The van der Waals surface area contributed by atoms with Gasteiger partial charge in [-0.05, 0) is 63.3 Å². The Kier molecular flexibility index (Phi) is 5.14. The Bertz CT molecular complexity index is 1160. The zero-order chi connectivity index (χ0) is 19.8. The van der Waals surface area contributed by atoms with Crippen molar-refractivity contribution in [2.75, 3.05) is 32.1 Å². The van der Waals surface area contributed by atoms with Crippen molar-refractivity contribution in [3.8, 4) is 0 Å². The normalized spacial score (nSPS) is 11.6. The molecular weight excluding hydrogens is 388 g/mol. The van der Waals surface area contributed by atoms with E-state index < -0.39 is 0 Å². The van der Waals surface area contributed by atoms with Gasteiger partial charge < -0.3 is 4.90 Å². The molecule has 2 aromatic carbocycles. The number of nitrogens with zero attached hydrogens (tertiary/aromatic N) is 4. The molecule has 0 atom stereocenters. The van der Waals surface area contributed by atoms with Gasteiger partial charge in [-0.3, -0.25) is 9.69 Å². The molecule has 4 aromatic rings. The molecular formula is C21H22N4OS2. The summed E-state index contributed by atoms with van der Waals surface area (Å²) in [6, 6.07) is 9.94. The van der Waals surface area contributed by atoms with E-state index in [4.69, 9.17) is 4.98 Å². The minimum Gasteiger partial charge on any atom is -0.308 e. The van der Waals surface area contributed by atoms with Crippen LogP contribution in [0.15, 0.2) is 35.8 Å². The minimum absolute atomic E-state index is 0.0226. The Hall–Kier alpha value is -2.35. The topological polar surface area (TPSA) is 49.3 Å². The van der Waals surface area contributed by atoms with Gasteiger partial charge in [0.15, 0.2) is 5.13 Å². The zero-order valence-corrected chi connectivity index (χ0v) is 18.0. The van der Waals surface area contributed by atoms with Gasteiger partial charge in [0.2, 0.25) is 0 Å². The highest BCUT2D eigenvalue weighted by molar-refractivity contribution is 7.22. The van der Waals surface area contributed by atoms with Crippen molar-refractivity contribution in [1.82, 2.24) is 14.9 Å². The Balaban J connectivity index is 1.75. The van der Waals surface area contributed by atoms with Crippen LogP contribution in [0.1, 0.15) is 21.5 Å². The predicted octanol–water partition coefficient (Wildman–Crippen LogP) is 4.73. The first-order valence-electron chi connectivity index (χ1n) is 9.10. The summed E-state index contributed by atoms with van der Waals surface area (Å²) >= 11 is 3.14. The van der Waals surface area contributed by atoms with Crippen molar-refractivity contribution in [3.05, 3.63) is 52.5 Å². The predicted molar refractivity (Wildman–Crippen MR) is 119 cm³/mol. The lowest BCUT2D eigenvalue weighted by molar-refractivity contribution is 0.0985. The van der Waals surface area contributed by atoms with Crippen LogP contribution in [0.2, 0.25) is 0 Å². The standard InChI is InChI=1S/C21H22N4OS2/c1-13-9-14(2)19-17(10-13)23-21(28-19)25(8-7-24(3)4)20(26)15-5-6-16-18(11-15)27-12-22-16/h5-6,9-12H,7-8H2,1-4H3. The maximum atomic E-state index is 13.4.